The molecule has 2 amide bonds. The molecule has 1 unspecified atom stereocenters. The molecular formula is C18H26N6O2. The highest BCUT2D eigenvalue weighted by atomic mass is 16.5. The predicted octanol–water partition coefficient (Wildman–Crippen LogP) is 2.05. The molecule has 2 N–H and O–H groups in total. The van der Waals surface area contributed by atoms with Crippen LogP contribution in [0.15, 0.2) is 36.8 Å². The third-order valence-electron chi connectivity index (χ3n) is 4.43. The Hall–Kier alpha value is -2.45. The fraction of sp³-hybridized carbons (Fsp3) is 0.500. The van der Waals surface area contributed by atoms with E-state index in [1.165, 1.54) is 0 Å². The lowest BCUT2D eigenvalue weighted by Crippen LogP contribution is -2.44. The average Bonchev–Trinajstić information content (AvgIpc) is 3.12. The van der Waals surface area contributed by atoms with Gasteiger partial charge in [-0.05, 0) is 31.5 Å². The zero-order valence-electron chi connectivity index (χ0n) is 15.3. The molecule has 0 saturated carbocycles. The fourth-order valence-corrected chi connectivity index (χ4v) is 3.11. The van der Waals surface area contributed by atoms with Crippen LogP contribution in [0, 0.1) is 0 Å². The number of aromatic nitrogens is 3. The van der Waals surface area contributed by atoms with Gasteiger partial charge in [-0.3, -0.25) is 15.2 Å². The number of pyridine rings is 1. The maximum absolute atomic E-state index is 12.4. The molecule has 0 radical (unpaired) electrons. The van der Waals surface area contributed by atoms with Gasteiger partial charge in [-0.15, -0.1) is 0 Å². The van der Waals surface area contributed by atoms with Crippen molar-refractivity contribution in [3.8, 4) is 0 Å². The molecule has 0 bridgehead atoms. The van der Waals surface area contributed by atoms with Gasteiger partial charge in [-0.2, -0.15) is 5.10 Å². The van der Waals surface area contributed by atoms with Gasteiger partial charge in [-0.1, -0.05) is 0 Å². The first-order valence-electron chi connectivity index (χ1n) is 8.95. The monoisotopic (exact) mass is 358 g/mol. The lowest BCUT2D eigenvalue weighted by Gasteiger charge is -2.34. The number of ether oxygens (including phenoxy) is 1. The molecule has 140 valence electrons. The van der Waals surface area contributed by atoms with Crippen molar-refractivity contribution < 1.29 is 9.53 Å². The second-order valence-corrected chi connectivity index (χ2v) is 6.53. The molecule has 2 aromatic heterocycles. The number of urea groups is 1. The SMILES string of the molecule is CC(C)n1nccc1NC(=O)NCC(c1ccncc1)N1CCOCC1. The second kappa shape index (κ2) is 8.77. The van der Waals surface area contributed by atoms with Gasteiger partial charge in [0.05, 0.1) is 25.5 Å². The first-order chi connectivity index (χ1) is 12.6. The highest BCUT2D eigenvalue weighted by Gasteiger charge is 2.23. The molecule has 1 atom stereocenters. The zero-order valence-corrected chi connectivity index (χ0v) is 15.3. The maximum atomic E-state index is 12.4. The van der Waals surface area contributed by atoms with Crippen molar-refractivity contribution in [2.75, 3.05) is 38.2 Å². The Balaban J connectivity index is 1.63. The van der Waals surface area contributed by atoms with E-state index in [1.807, 2.05) is 26.0 Å². The molecule has 0 spiro atoms. The standard InChI is InChI=1S/C18H26N6O2/c1-14(2)24-17(5-8-21-24)22-18(25)20-13-16(15-3-6-19-7-4-15)23-9-11-26-12-10-23/h3-8,14,16H,9-13H2,1-2H3,(H2,20,22,25). The van der Waals surface area contributed by atoms with Crippen molar-refractivity contribution in [2.45, 2.75) is 25.9 Å². The number of morpholine rings is 1. The summed E-state index contributed by atoms with van der Waals surface area (Å²) in [6.45, 7) is 7.66. The van der Waals surface area contributed by atoms with Crippen LogP contribution in [0.2, 0.25) is 0 Å². The summed E-state index contributed by atoms with van der Waals surface area (Å²) in [5.74, 6) is 0.685. The molecule has 1 saturated heterocycles. The van der Waals surface area contributed by atoms with Crippen molar-refractivity contribution in [3.63, 3.8) is 0 Å². The zero-order chi connectivity index (χ0) is 18.4. The minimum atomic E-state index is -0.236. The predicted molar refractivity (Wildman–Crippen MR) is 99.0 cm³/mol. The summed E-state index contributed by atoms with van der Waals surface area (Å²) in [4.78, 5) is 18.8. The van der Waals surface area contributed by atoms with Gasteiger partial charge < -0.3 is 10.1 Å². The van der Waals surface area contributed by atoms with E-state index in [-0.39, 0.29) is 18.1 Å². The van der Waals surface area contributed by atoms with Crippen LogP contribution in [-0.2, 0) is 4.74 Å². The number of hydrogen-bond donors (Lipinski definition) is 2. The van der Waals surface area contributed by atoms with Crippen molar-refractivity contribution in [1.82, 2.24) is 25.0 Å². The highest BCUT2D eigenvalue weighted by Crippen LogP contribution is 2.20. The number of nitrogens with zero attached hydrogens (tertiary/aromatic N) is 4. The van der Waals surface area contributed by atoms with Crippen LogP contribution >= 0.6 is 0 Å². The summed E-state index contributed by atoms with van der Waals surface area (Å²) < 4.78 is 7.23. The lowest BCUT2D eigenvalue weighted by atomic mass is 10.1. The summed E-state index contributed by atoms with van der Waals surface area (Å²) in [5.41, 5.74) is 1.13. The smallest absolute Gasteiger partial charge is 0.320 e. The Kier molecular flexibility index (Phi) is 6.19. The lowest BCUT2D eigenvalue weighted by molar-refractivity contribution is 0.0167. The molecule has 2 aromatic rings. The van der Waals surface area contributed by atoms with E-state index >= 15 is 0 Å². The minimum Gasteiger partial charge on any atom is -0.379 e. The molecule has 8 heteroatoms. The molecule has 8 nitrogen and oxygen atoms in total. The van der Waals surface area contributed by atoms with Gasteiger partial charge >= 0.3 is 6.03 Å². The van der Waals surface area contributed by atoms with Gasteiger partial charge in [0.2, 0.25) is 0 Å². The van der Waals surface area contributed by atoms with Crippen LogP contribution in [-0.4, -0.2) is 58.5 Å². The number of carbonyl (C=O) groups is 1. The van der Waals surface area contributed by atoms with Crippen LogP contribution < -0.4 is 10.6 Å². The van der Waals surface area contributed by atoms with Crippen molar-refractivity contribution in [1.29, 1.82) is 0 Å². The van der Waals surface area contributed by atoms with E-state index in [2.05, 4.69) is 25.6 Å². The molecule has 3 rings (SSSR count). The molecular weight excluding hydrogens is 332 g/mol. The van der Waals surface area contributed by atoms with E-state index in [0.717, 1.165) is 18.7 Å². The molecule has 0 aromatic carbocycles. The van der Waals surface area contributed by atoms with Crippen LogP contribution in [0.25, 0.3) is 0 Å². The van der Waals surface area contributed by atoms with Crippen LogP contribution in [0.1, 0.15) is 31.5 Å². The van der Waals surface area contributed by atoms with Gasteiger partial charge in [0, 0.05) is 44.1 Å². The topological polar surface area (TPSA) is 84.3 Å². The number of nitrogens with one attached hydrogen (secondary N) is 2. The van der Waals surface area contributed by atoms with Crippen LogP contribution in [0.5, 0.6) is 0 Å². The Labute approximate surface area is 153 Å². The van der Waals surface area contributed by atoms with Gasteiger partial charge in [0.25, 0.3) is 0 Å². The van der Waals surface area contributed by atoms with Gasteiger partial charge in [0.15, 0.2) is 0 Å². The van der Waals surface area contributed by atoms with E-state index < -0.39 is 0 Å². The molecule has 1 fully saturated rings. The maximum Gasteiger partial charge on any atom is 0.320 e. The average molecular weight is 358 g/mol. The molecule has 0 aliphatic carbocycles. The quantitative estimate of drug-likeness (QED) is 0.826. The second-order valence-electron chi connectivity index (χ2n) is 6.53. The van der Waals surface area contributed by atoms with Crippen molar-refractivity contribution in [2.24, 2.45) is 0 Å². The molecule has 1 aliphatic heterocycles. The summed E-state index contributed by atoms with van der Waals surface area (Å²) in [6.07, 6.45) is 5.25. The Morgan fingerprint density at radius 2 is 1.92 bits per heavy atom. The summed E-state index contributed by atoms with van der Waals surface area (Å²) in [7, 11) is 0. The fourth-order valence-electron chi connectivity index (χ4n) is 3.11. The Morgan fingerprint density at radius 3 is 2.62 bits per heavy atom. The summed E-state index contributed by atoms with van der Waals surface area (Å²) in [5, 5.41) is 10.1. The molecule has 26 heavy (non-hydrogen) atoms. The summed E-state index contributed by atoms with van der Waals surface area (Å²) >= 11 is 0. The number of amides is 2. The number of carbonyl (C=O) groups excluding carboxylic acids is 1. The normalized spacial score (nSPS) is 16.4. The molecule has 3 heterocycles. The van der Waals surface area contributed by atoms with E-state index in [1.54, 1.807) is 29.3 Å². The van der Waals surface area contributed by atoms with E-state index in [9.17, 15) is 4.79 Å². The Morgan fingerprint density at radius 1 is 1.19 bits per heavy atom. The number of hydrogen-bond acceptors (Lipinski definition) is 5. The first-order valence-corrected chi connectivity index (χ1v) is 8.95. The first kappa shape index (κ1) is 18.3. The third kappa shape index (κ3) is 4.59. The van der Waals surface area contributed by atoms with Crippen LogP contribution in [0.3, 0.4) is 0 Å². The highest BCUT2D eigenvalue weighted by molar-refractivity contribution is 5.88. The van der Waals surface area contributed by atoms with Crippen molar-refractivity contribution in [3.05, 3.63) is 42.4 Å². The van der Waals surface area contributed by atoms with Gasteiger partial charge in [-0.25, -0.2) is 9.48 Å². The number of anilines is 1. The molecule has 1 aliphatic rings. The number of rotatable bonds is 6. The largest absolute Gasteiger partial charge is 0.379 e. The minimum absolute atomic E-state index is 0.0858. The summed E-state index contributed by atoms with van der Waals surface area (Å²) in [6, 6.07) is 5.81. The van der Waals surface area contributed by atoms with Crippen LogP contribution in [0.4, 0.5) is 10.6 Å². The Bertz CT molecular complexity index is 697. The van der Waals surface area contributed by atoms with E-state index in [0.29, 0.717) is 25.6 Å². The third-order valence-corrected chi connectivity index (χ3v) is 4.43. The van der Waals surface area contributed by atoms with Crippen molar-refractivity contribution >= 4 is 11.8 Å². The van der Waals surface area contributed by atoms with Gasteiger partial charge in [0.1, 0.15) is 5.82 Å². The van der Waals surface area contributed by atoms with E-state index in [4.69, 9.17) is 4.74 Å².